The molecule has 15 heavy (non-hydrogen) atoms. The molecule has 0 saturated carbocycles. The molecule has 3 nitrogen and oxygen atoms in total. The van der Waals surface area contributed by atoms with Gasteiger partial charge in [0.1, 0.15) is 6.04 Å². The standard InChI is InChI=1S/C12H15NO2/c13-11(12(14)15)10-6-5-8-3-1-2-4-9(8)7-10/h1-4,10-11H,5-7,13H2,(H,14,15)/t10-,11-/m1/s1. The van der Waals surface area contributed by atoms with E-state index in [2.05, 4.69) is 12.1 Å². The Morgan fingerprint density at radius 1 is 1.40 bits per heavy atom. The molecule has 0 bridgehead atoms. The average molecular weight is 205 g/mol. The zero-order chi connectivity index (χ0) is 10.8. The van der Waals surface area contributed by atoms with Crippen LogP contribution in [0.15, 0.2) is 24.3 Å². The fourth-order valence-corrected chi connectivity index (χ4v) is 2.23. The third-order valence-electron chi connectivity index (χ3n) is 3.18. The van der Waals surface area contributed by atoms with Gasteiger partial charge in [-0.15, -0.1) is 0 Å². The highest BCUT2D eigenvalue weighted by atomic mass is 16.4. The van der Waals surface area contributed by atoms with Crippen molar-refractivity contribution in [3.63, 3.8) is 0 Å². The number of hydrogen-bond acceptors (Lipinski definition) is 2. The number of benzene rings is 1. The number of carboxylic acid groups (broad SMARTS) is 1. The minimum Gasteiger partial charge on any atom is -0.480 e. The molecule has 0 radical (unpaired) electrons. The van der Waals surface area contributed by atoms with Crippen LogP contribution in [0.3, 0.4) is 0 Å². The summed E-state index contributed by atoms with van der Waals surface area (Å²) in [5.41, 5.74) is 8.24. The first kappa shape index (κ1) is 10.2. The predicted molar refractivity (Wildman–Crippen MR) is 57.6 cm³/mol. The minimum absolute atomic E-state index is 0.0809. The van der Waals surface area contributed by atoms with Gasteiger partial charge in [0.15, 0.2) is 0 Å². The van der Waals surface area contributed by atoms with Crippen molar-refractivity contribution >= 4 is 5.97 Å². The Morgan fingerprint density at radius 3 is 2.73 bits per heavy atom. The second-order valence-corrected chi connectivity index (χ2v) is 4.14. The molecule has 0 aromatic heterocycles. The molecule has 1 aliphatic rings. The highest BCUT2D eigenvalue weighted by Crippen LogP contribution is 2.26. The van der Waals surface area contributed by atoms with E-state index < -0.39 is 12.0 Å². The summed E-state index contributed by atoms with van der Waals surface area (Å²) in [5, 5.41) is 8.86. The zero-order valence-corrected chi connectivity index (χ0v) is 8.52. The first-order chi connectivity index (χ1) is 7.18. The minimum atomic E-state index is -0.889. The first-order valence-electron chi connectivity index (χ1n) is 5.23. The average Bonchev–Trinajstić information content (AvgIpc) is 2.27. The maximum Gasteiger partial charge on any atom is 0.320 e. The van der Waals surface area contributed by atoms with Gasteiger partial charge >= 0.3 is 5.97 Å². The lowest BCUT2D eigenvalue weighted by molar-refractivity contribution is -0.140. The number of carboxylic acids is 1. The molecule has 2 rings (SSSR count). The molecule has 0 saturated heterocycles. The van der Waals surface area contributed by atoms with E-state index in [0.29, 0.717) is 0 Å². The lowest BCUT2D eigenvalue weighted by Gasteiger charge is -2.26. The summed E-state index contributed by atoms with van der Waals surface area (Å²) in [6.45, 7) is 0. The summed E-state index contributed by atoms with van der Waals surface area (Å²) in [6, 6.07) is 7.47. The van der Waals surface area contributed by atoms with Crippen LogP contribution in [-0.4, -0.2) is 17.1 Å². The monoisotopic (exact) mass is 205 g/mol. The van der Waals surface area contributed by atoms with E-state index in [-0.39, 0.29) is 5.92 Å². The Balaban J connectivity index is 2.15. The normalized spacial score (nSPS) is 21.8. The van der Waals surface area contributed by atoms with Crippen LogP contribution in [0, 0.1) is 5.92 Å². The summed E-state index contributed by atoms with van der Waals surface area (Å²) >= 11 is 0. The fourth-order valence-electron chi connectivity index (χ4n) is 2.23. The highest BCUT2D eigenvalue weighted by Gasteiger charge is 2.27. The van der Waals surface area contributed by atoms with E-state index in [4.69, 9.17) is 10.8 Å². The summed E-state index contributed by atoms with van der Waals surface area (Å²) in [6.07, 6.45) is 2.62. The van der Waals surface area contributed by atoms with Gasteiger partial charge in [0.2, 0.25) is 0 Å². The topological polar surface area (TPSA) is 63.3 Å². The number of aliphatic carboxylic acids is 1. The molecule has 1 aliphatic carbocycles. The largest absolute Gasteiger partial charge is 0.480 e. The Hall–Kier alpha value is -1.35. The second kappa shape index (κ2) is 4.03. The molecular formula is C12H15NO2. The summed E-state index contributed by atoms with van der Waals surface area (Å²) in [4.78, 5) is 10.8. The Bertz CT molecular complexity index is 376. The molecular weight excluding hydrogens is 190 g/mol. The molecule has 80 valence electrons. The predicted octanol–water partition coefficient (Wildman–Crippen LogP) is 1.20. The molecule has 2 atom stereocenters. The van der Waals surface area contributed by atoms with Crippen LogP contribution in [0.4, 0.5) is 0 Å². The van der Waals surface area contributed by atoms with Crippen molar-refractivity contribution < 1.29 is 9.90 Å². The van der Waals surface area contributed by atoms with E-state index in [9.17, 15) is 4.79 Å². The van der Waals surface area contributed by atoms with Crippen molar-refractivity contribution in [1.82, 2.24) is 0 Å². The van der Waals surface area contributed by atoms with Gasteiger partial charge in [-0.3, -0.25) is 4.79 Å². The van der Waals surface area contributed by atoms with Gasteiger partial charge in [-0.05, 0) is 36.3 Å². The number of fused-ring (bicyclic) bond motifs is 1. The summed E-state index contributed by atoms with van der Waals surface area (Å²) in [5.74, 6) is -0.809. The van der Waals surface area contributed by atoms with Crippen molar-refractivity contribution in [3.8, 4) is 0 Å². The molecule has 0 aliphatic heterocycles. The van der Waals surface area contributed by atoms with Gasteiger partial charge in [-0.25, -0.2) is 0 Å². The van der Waals surface area contributed by atoms with E-state index >= 15 is 0 Å². The quantitative estimate of drug-likeness (QED) is 0.762. The van der Waals surface area contributed by atoms with Crippen LogP contribution >= 0.6 is 0 Å². The molecule has 3 heteroatoms. The van der Waals surface area contributed by atoms with E-state index in [1.165, 1.54) is 11.1 Å². The van der Waals surface area contributed by atoms with Crippen molar-refractivity contribution in [3.05, 3.63) is 35.4 Å². The number of aryl methyl sites for hydroxylation is 1. The molecule has 0 unspecified atom stereocenters. The van der Waals surface area contributed by atoms with Gasteiger partial charge in [-0.2, -0.15) is 0 Å². The van der Waals surface area contributed by atoms with Crippen LogP contribution in [-0.2, 0) is 17.6 Å². The van der Waals surface area contributed by atoms with Crippen LogP contribution < -0.4 is 5.73 Å². The summed E-state index contributed by atoms with van der Waals surface area (Å²) < 4.78 is 0. The zero-order valence-electron chi connectivity index (χ0n) is 8.52. The van der Waals surface area contributed by atoms with Crippen molar-refractivity contribution in [1.29, 1.82) is 0 Å². The van der Waals surface area contributed by atoms with Crippen LogP contribution in [0.5, 0.6) is 0 Å². The fraction of sp³-hybridized carbons (Fsp3) is 0.417. The van der Waals surface area contributed by atoms with Crippen LogP contribution in [0.1, 0.15) is 17.5 Å². The number of nitrogens with two attached hydrogens (primary N) is 1. The lowest BCUT2D eigenvalue weighted by atomic mass is 9.80. The van der Waals surface area contributed by atoms with Gasteiger partial charge in [0, 0.05) is 0 Å². The van der Waals surface area contributed by atoms with Gasteiger partial charge < -0.3 is 10.8 Å². The third-order valence-corrected chi connectivity index (χ3v) is 3.18. The van der Waals surface area contributed by atoms with Crippen molar-refractivity contribution in [2.24, 2.45) is 11.7 Å². The molecule has 0 heterocycles. The van der Waals surface area contributed by atoms with E-state index in [0.717, 1.165) is 19.3 Å². The molecule has 0 amide bonds. The molecule has 3 N–H and O–H groups in total. The molecule has 1 aromatic rings. The van der Waals surface area contributed by atoms with E-state index in [1.54, 1.807) is 0 Å². The Kier molecular flexibility index (Phi) is 2.73. The number of hydrogen-bond donors (Lipinski definition) is 2. The van der Waals surface area contributed by atoms with Crippen LogP contribution in [0.2, 0.25) is 0 Å². The maximum absolute atomic E-state index is 10.8. The van der Waals surface area contributed by atoms with Crippen LogP contribution in [0.25, 0.3) is 0 Å². The Labute approximate surface area is 88.9 Å². The Morgan fingerprint density at radius 2 is 2.07 bits per heavy atom. The smallest absolute Gasteiger partial charge is 0.320 e. The summed E-state index contributed by atoms with van der Waals surface area (Å²) in [7, 11) is 0. The molecule has 0 spiro atoms. The van der Waals surface area contributed by atoms with Gasteiger partial charge in [-0.1, -0.05) is 24.3 Å². The van der Waals surface area contributed by atoms with E-state index in [1.807, 2.05) is 12.1 Å². The van der Waals surface area contributed by atoms with Gasteiger partial charge in [0.25, 0.3) is 0 Å². The third kappa shape index (κ3) is 2.02. The van der Waals surface area contributed by atoms with Crippen molar-refractivity contribution in [2.75, 3.05) is 0 Å². The lowest BCUT2D eigenvalue weighted by Crippen LogP contribution is -2.40. The SMILES string of the molecule is N[C@@H](C(=O)O)[C@@H]1CCc2ccccc2C1. The molecule has 0 fully saturated rings. The number of carbonyl (C=O) groups is 1. The second-order valence-electron chi connectivity index (χ2n) is 4.14. The molecule has 1 aromatic carbocycles. The van der Waals surface area contributed by atoms with Gasteiger partial charge in [0.05, 0.1) is 0 Å². The highest BCUT2D eigenvalue weighted by molar-refractivity contribution is 5.73. The number of rotatable bonds is 2. The maximum atomic E-state index is 10.8. The first-order valence-corrected chi connectivity index (χ1v) is 5.23. The van der Waals surface area contributed by atoms with Crippen molar-refractivity contribution in [2.45, 2.75) is 25.3 Å².